The summed E-state index contributed by atoms with van der Waals surface area (Å²) in [7, 11) is 0. The molecule has 1 saturated heterocycles. The van der Waals surface area contributed by atoms with Gasteiger partial charge in [0.2, 0.25) is 11.8 Å². The number of aryl methyl sites for hydroxylation is 2. The lowest BCUT2D eigenvalue weighted by molar-refractivity contribution is -0.143. The van der Waals surface area contributed by atoms with Crippen LogP contribution in [-0.2, 0) is 21.9 Å². The number of hydrogen-bond acceptors (Lipinski definition) is 2. The average molecular weight is 470 g/mol. The highest BCUT2D eigenvalue weighted by atomic mass is 19.4. The summed E-state index contributed by atoms with van der Waals surface area (Å²) in [5, 5.41) is 2.24. The number of carbonyl (C=O) groups is 2. The molecule has 1 saturated carbocycles. The Labute approximate surface area is 185 Å². The van der Waals surface area contributed by atoms with Crippen LogP contribution in [0.5, 0.6) is 0 Å². The van der Waals surface area contributed by atoms with E-state index in [4.69, 9.17) is 0 Å². The quantitative estimate of drug-likeness (QED) is 0.584. The first kappa shape index (κ1) is 23.1. The summed E-state index contributed by atoms with van der Waals surface area (Å²) in [6.45, 7) is 3.66. The number of carbonyl (C=O) groups excluding carboxylic acids is 2. The molecule has 1 N–H and O–H groups in total. The average Bonchev–Trinajstić information content (AvgIpc) is 2.86. The van der Waals surface area contributed by atoms with Crippen LogP contribution in [-0.4, -0.2) is 18.4 Å². The second-order valence-corrected chi connectivity index (χ2v) is 8.66. The van der Waals surface area contributed by atoms with Crippen LogP contribution >= 0.6 is 0 Å². The number of rotatable bonds is 3. The number of alkyl halides is 6. The zero-order chi connectivity index (χ0) is 24.3. The smallest absolute Gasteiger partial charge is 0.326 e. The van der Waals surface area contributed by atoms with Crippen LogP contribution in [0.25, 0.3) is 0 Å². The minimum Gasteiger partial charge on any atom is -0.326 e. The third-order valence-corrected chi connectivity index (χ3v) is 6.56. The van der Waals surface area contributed by atoms with Gasteiger partial charge in [-0.2, -0.15) is 26.3 Å². The molecule has 2 aromatic carbocycles. The molecule has 33 heavy (non-hydrogen) atoms. The molecule has 0 bridgehead atoms. The Balaban J connectivity index is 1.66. The van der Waals surface area contributed by atoms with Gasteiger partial charge in [-0.3, -0.25) is 9.59 Å². The van der Waals surface area contributed by atoms with E-state index in [2.05, 4.69) is 5.32 Å². The normalized spacial score (nSPS) is 22.7. The topological polar surface area (TPSA) is 49.4 Å². The molecule has 2 aromatic rings. The fourth-order valence-electron chi connectivity index (χ4n) is 4.78. The minimum atomic E-state index is -5.03. The maximum atomic E-state index is 13.2. The first-order chi connectivity index (χ1) is 15.2. The van der Waals surface area contributed by atoms with Gasteiger partial charge in [-0.15, -0.1) is 0 Å². The van der Waals surface area contributed by atoms with Gasteiger partial charge in [0.25, 0.3) is 0 Å². The van der Waals surface area contributed by atoms with Gasteiger partial charge in [-0.05, 0) is 56.0 Å². The third kappa shape index (κ3) is 3.85. The van der Waals surface area contributed by atoms with E-state index in [9.17, 15) is 35.9 Å². The summed E-state index contributed by atoms with van der Waals surface area (Å²) in [6, 6.07) is 6.42. The lowest BCUT2D eigenvalue weighted by Crippen LogP contribution is -2.50. The molecule has 0 radical (unpaired) electrons. The van der Waals surface area contributed by atoms with Crippen molar-refractivity contribution >= 4 is 23.2 Å². The van der Waals surface area contributed by atoms with Crippen molar-refractivity contribution in [2.24, 2.45) is 11.3 Å². The SMILES string of the molecule is Cc1cccc(C)c1N1CC2(C(=O)Nc3cc(C(F)(F)F)cc(C(F)(F)F)c3)CCC2C1=O. The summed E-state index contributed by atoms with van der Waals surface area (Å²) in [5.74, 6) is -1.70. The molecule has 2 atom stereocenters. The van der Waals surface area contributed by atoms with E-state index in [1.165, 1.54) is 4.90 Å². The summed E-state index contributed by atoms with van der Waals surface area (Å²) >= 11 is 0. The van der Waals surface area contributed by atoms with Gasteiger partial charge >= 0.3 is 12.4 Å². The fraction of sp³-hybridized carbons (Fsp3) is 0.391. The minimum absolute atomic E-state index is 0.00186. The van der Waals surface area contributed by atoms with Crippen molar-refractivity contribution in [3.8, 4) is 0 Å². The van der Waals surface area contributed by atoms with Gasteiger partial charge < -0.3 is 10.2 Å². The number of benzene rings is 2. The molecule has 1 aliphatic heterocycles. The summed E-state index contributed by atoms with van der Waals surface area (Å²) in [6.07, 6.45) is -9.33. The maximum Gasteiger partial charge on any atom is 0.416 e. The molecule has 2 unspecified atom stereocenters. The van der Waals surface area contributed by atoms with Crippen LogP contribution in [0.15, 0.2) is 36.4 Å². The van der Waals surface area contributed by atoms with Gasteiger partial charge in [0.15, 0.2) is 0 Å². The number of nitrogens with zero attached hydrogens (tertiary/aromatic N) is 1. The summed E-state index contributed by atoms with van der Waals surface area (Å²) in [5.41, 5.74) is -2.54. The zero-order valence-corrected chi connectivity index (χ0v) is 17.7. The summed E-state index contributed by atoms with van der Waals surface area (Å²) < 4.78 is 78.9. The van der Waals surface area contributed by atoms with Crippen molar-refractivity contribution in [3.05, 3.63) is 58.7 Å². The number of anilines is 2. The third-order valence-electron chi connectivity index (χ3n) is 6.56. The fourth-order valence-corrected chi connectivity index (χ4v) is 4.78. The van der Waals surface area contributed by atoms with Crippen LogP contribution in [0, 0.1) is 25.2 Å². The Morgan fingerprint density at radius 1 is 1.00 bits per heavy atom. The van der Waals surface area contributed by atoms with E-state index in [1.807, 2.05) is 32.0 Å². The van der Waals surface area contributed by atoms with E-state index >= 15 is 0 Å². The molecule has 4 rings (SSSR count). The largest absolute Gasteiger partial charge is 0.416 e. The van der Waals surface area contributed by atoms with Crippen molar-refractivity contribution in [3.63, 3.8) is 0 Å². The summed E-state index contributed by atoms with van der Waals surface area (Å²) in [4.78, 5) is 27.7. The lowest BCUT2D eigenvalue weighted by atomic mass is 9.61. The number of para-hydroxylation sites is 1. The van der Waals surface area contributed by atoms with Crippen molar-refractivity contribution in [2.45, 2.75) is 39.0 Å². The molecule has 1 aliphatic carbocycles. The standard InChI is InChI=1S/C23H20F6N2O2/c1-12-4-3-5-13(2)18(12)31-11-21(7-6-17(21)19(31)32)20(33)30-16-9-14(22(24,25)26)8-15(10-16)23(27,28)29/h3-5,8-10,17H,6-7,11H2,1-2H3,(H,30,33). The highest BCUT2D eigenvalue weighted by Gasteiger charge is 2.63. The van der Waals surface area contributed by atoms with Crippen molar-refractivity contribution < 1.29 is 35.9 Å². The van der Waals surface area contributed by atoms with Gasteiger partial charge in [-0.1, -0.05) is 18.2 Å². The highest BCUT2D eigenvalue weighted by Crippen LogP contribution is 2.55. The van der Waals surface area contributed by atoms with Crippen LogP contribution in [0.1, 0.15) is 35.1 Å². The van der Waals surface area contributed by atoms with Gasteiger partial charge in [0.05, 0.1) is 22.5 Å². The maximum absolute atomic E-state index is 13.2. The first-order valence-corrected chi connectivity index (χ1v) is 10.2. The predicted octanol–water partition coefficient (Wildman–Crippen LogP) is 5.72. The van der Waals surface area contributed by atoms with Crippen LogP contribution in [0.4, 0.5) is 37.7 Å². The van der Waals surface area contributed by atoms with Crippen LogP contribution in [0.2, 0.25) is 0 Å². The second-order valence-electron chi connectivity index (χ2n) is 8.66. The van der Waals surface area contributed by atoms with E-state index in [-0.39, 0.29) is 18.5 Å². The number of fused-ring (bicyclic) bond motifs is 1. The highest BCUT2D eigenvalue weighted by molar-refractivity contribution is 6.09. The van der Waals surface area contributed by atoms with E-state index in [1.54, 1.807) is 0 Å². The molecule has 10 heteroatoms. The second kappa shape index (κ2) is 7.50. The molecule has 2 aliphatic rings. The lowest BCUT2D eigenvalue weighted by Gasteiger charge is -2.40. The number of halogens is 6. The first-order valence-electron chi connectivity index (χ1n) is 10.2. The van der Waals surface area contributed by atoms with E-state index in [0.717, 1.165) is 11.1 Å². The Bertz CT molecular complexity index is 1090. The van der Waals surface area contributed by atoms with E-state index in [0.29, 0.717) is 30.7 Å². The molecule has 1 heterocycles. The van der Waals surface area contributed by atoms with Crippen LogP contribution in [0.3, 0.4) is 0 Å². The molecule has 2 amide bonds. The zero-order valence-electron chi connectivity index (χ0n) is 17.7. The number of nitrogens with one attached hydrogen (secondary N) is 1. The Morgan fingerprint density at radius 3 is 2.00 bits per heavy atom. The van der Waals surface area contributed by atoms with Crippen LogP contribution < -0.4 is 10.2 Å². The molecule has 2 fully saturated rings. The molecule has 176 valence electrons. The van der Waals surface area contributed by atoms with Crippen molar-refractivity contribution in [1.29, 1.82) is 0 Å². The van der Waals surface area contributed by atoms with E-state index < -0.39 is 46.4 Å². The van der Waals surface area contributed by atoms with Gasteiger partial charge in [-0.25, -0.2) is 0 Å². The molecule has 0 aromatic heterocycles. The number of hydrogen-bond donors (Lipinski definition) is 1. The van der Waals surface area contributed by atoms with Crippen molar-refractivity contribution in [2.75, 3.05) is 16.8 Å². The van der Waals surface area contributed by atoms with Gasteiger partial charge in [0.1, 0.15) is 0 Å². The molecular formula is C23H20F6N2O2. The molecular weight excluding hydrogens is 450 g/mol. The Morgan fingerprint density at radius 2 is 1.55 bits per heavy atom. The Kier molecular flexibility index (Phi) is 5.25. The Hall–Kier alpha value is -3.04. The predicted molar refractivity (Wildman–Crippen MR) is 109 cm³/mol. The molecule has 0 spiro atoms. The van der Waals surface area contributed by atoms with Crippen molar-refractivity contribution in [1.82, 2.24) is 0 Å². The number of amides is 2. The monoisotopic (exact) mass is 470 g/mol. The van der Waals surface area contributed by atoms with Gasteiger partial charge in [0, 0.05) is 17.9 Å². The molecule has 4 nitrogen and oxygen atoms in total.